The molecule has 0 spiro atoms. The highest BCUT2D eigenvalue weighted by atomic mass is 15.1. The molecule has 0 fully saturated rings. The average Bonchev–Trinajstić information content (AvgIpc) is 3.14. The van der Waals surface area contributed by atoms with Gasteiger partial charge in [-0.3, -0.25) is 0 Å². The molecule has 0 aromatic heterocycles. The van der Waals surface area contributed by atoms with Crippen LogP contribution in [0.15, 0.2) is 156 Å². The number of nitrogens with zero attached hydrogens (tertiary/aromatic N) is 2. The Morgan fingerprint density at radius 2 is 1.40 bits per heavy atom. The summed E-state index contributed by atoms with van der Waals surface area (Å²) < 4.78 is 0. The Labute approximate surface area is 274 Å². The van der Waals surface area contributed by atoms with Gasteiger partial charge < -0.3 is 5.32 Å². The second kappa shape index (κ2) is 11.2. The highest BCUT2D eigenvalue weighted by Gasteiger charge is 2.23. The molecule has 2 atom stereocenters. The van der Waals surface area contributed by atoms with Crippen molar-refractivity contribution in [1.82, 2.24) is 5.32 Å². The third-order valence-electron chi connectivity index (χ3n) is 9.84. The maximum Gasteiger partial charge on any atom is 0.158 e. The Hall–Kier alpha value is -5.80. The summed E-state index contributed by atoms with van der Waals surface area (Å²) in [6.45, 7) is 2.81. The lowest BCUT2D eigenvalue weighted by atomic mass is 9.78. The standard InChI is InChI=1S/C44H33N3/c1-28-7-6-12-39-41(28)43(37-20-16-30-9-3-5-11-34(30)24-37)40-25-35(31-13-17-32(18-14-31)44-46-26-45-27-47-44)21-22-38(40)42(39)36-19-15-29-8-2-4-10-33(29)23-36/h2-26,29,33H,27H2,1H3,(H,45,46,47). The first kappa shape index (κ1) is 27.5. The summed E-state index contributed by atoms with van der Waals surface area (Å²) in [6.07, 6.45) is 17.9. The third-order valence-corrected chi connectivity index (χ3v) is 9.84. The van der Waals surface area contributed by atoms with Crippen molar-refractivity contribution >= 4 is 50.1 Å². The Balaban J connectivity index is 1.31. The second-order valence-electron chi connectivity index (χ2n) is 12.7. The molecule has 47 heavy (non-hydrogen) atoms. The monoisotopic (exact) mass is 603 g/mol. The first-order chi connectivity index (χ1) is 23.2. The minimum atomic E-state index is 0.363. The van der Waals surface area contributed by atoms with E-state index in [0.717, 1.165) is 11.4 Å². The van der Waals surface area contributed by atoms with Crippen LogP contribution in [0.4, 0.5) is 0 Å². The summed E-state index contributed by atoms with van der Waals surface area (Å²) in [5.41, 5.74) is 9.79. The second-order valence-corrected chi connectivity index (χ2v) is 12.7. The third kappa shape index (κ3) is 4.74. The number of allylic oxidation sites excluding steroid dienone is 8. The van der Waals surface area contributed by atoms with Gasteiger partial charge in [0.1, 0.15) is 6.67 Å². The molecule has 0 bridgehead atoms. The lowest BCUT2D eigenvalue weighted by molar-refractivity contribution is 0.663. The van der Waals surface area contributed by atoms with Crippen molar-refractivity contribution in [2.24, 2.45) is 21.8 Å². The van der Waals surface area contributed by atoms with Crippen molar-refractivity contribution in [1.29, 1.82) is 0 Å². The van der Waals surface area contributed by atoms with Crippen LogP contribution in [-0.4, -0.2) is 18.8 Å². The van der Waals surface area contributed by atoms with Crippen molar-refractivity contribution in [3.05, 3.63) is 162 Å². The number of aliphatic imine (C=N–C) groups is 2. The lowest BCUT2D eigenvalue weighted by Crippen LogP contribution is -2.18. The molecular weight excluding hydrogens is 571 g/mol. The van der Waals surface area contributed by atoms with Crippen molar-refractivity contribution in [3.63, 3.8) is 0 Å². The molecule has 2 aliphatic carbocycles. The lowest BCUT2D eigenvalue weighted by Gasteiger charge is -2.26. The molecule has 3 aliphatic rings. The summed E-state index contributed by atoms with van der Waals surface area (Å²) in [5, 5.41) is 10.7. The number of nitrogens with one attached hydrogen (secondary N) is 1. The number of hydrogen-bond donors (Lipinski definition) is 1. The smallest absolute Gasteiger partial charge is 0.158 e. The predicted molar refractivity (Wildman–Crippen MR) is 200 cm³/mol. The van der Waals surface area contributed by atoms with Crippen LogP contribution in [0, 0.1) is 18.8 Å². The summed E-state index contributed by atoms with van der Waals surface area (Å²) >= 11 is 0. The Morgan fingerprint density at radius 3 is 2.26 bits per heavy atom. The first-order valence-corrected chi connectivity index (χ1v) is 16.4. The Bertz CT molecular complexity index is 2420. The summed E-state index contributed by atoms with van der Waals surface area (Å²) in [5.74, 6) is 1.54. The zero-order valence-corrected chi connectivity index (χ0v) is 26.2. The fourth-order valence-corrected chi connectivity index (χ4v) is 7.52. The molecule has 2 unspecified atom stereocenters. The van der Waals surface area contributed by atoms with Gasteiger partial charge in [0, 0.05) is 17.4 Å². The summed E-state index contributed by atoms with van der Waals surface area (Å²) in [6, 6.07) is 38.0. The number of fused-ring (bicyclic) bond motifs is 4. The molecule has 1 heterocycles. The normalized spacial score (nSPS) is 18.3. The van der Waals surface area contributed by atoms with Crippen LogP contribution in [0.5, 0.6) is 0 Å². The van der Waals surface area contributed by atoms with E-state index in [1.54, 1.807) is 6.34 Å². The Kier molecular flexibility index (Phi) is 6.57. The molecule has 224 valence electrons. The molecule has 1 N–H and O–H groups in total. The van der Waals surface area contributed by atoms with E-state index in [4.69, 9.17) is 0 Å². The fraction of sp³-hybridized carbons (Fsp3) is 0.0909. The largest absolute Gasteiger partial charge is 0.357 e. The van der Waals surface area contributed by atoms with Crippen LogP contribution in [0.25, 0.3) is 60.1 Å². The number of hydrogen-bond acceptors (Lipinski definition) is 3. The van der Waals surface area contributed by atoms with E-state index in [9.17, 15) is 0 Å². The van der Waals surface area contributed by atoms with Gasteiger partial charge in [0.05, 0.1) is 6.34 Å². The van der Waals surface area contributed by atoms with Gasteiger partial charge in [-0.15, -0.1) is 0 Å². The minimum absolute atomic E-state index is 0.363. The molecule has 3 heteroatoms. The van der Waals surface area contributed by atoms with Crippen molar-refractivity contribution < 1.29 is 0 Å². The van der Waals surface area contributed by atoms with Gasteiger partial charge in [-0.2, -0.15) is 0 Å². The van der Waals surface area contributed by atoms with Crippen molar-refractivity contribution in [2.45, 2.75) is 6.92 Å². The van der Waals surface area contributed by atoms with Gasteiger partial charge in [-0.05, 0) is 90.3 Å². The van der Waals surface area contributed by atoms with Gasteiger partial charge in [-0.25, -0.2) is 9.98 Å². The predicted octanol–water partition coefficient (Wildman–Crippen LogP) is 10.4. The topological polar surface area (TPSA) is 36.8 Å². The van der Waals surface area contributed by atoms with Crippen LogP contribution >= 0.6 is 0 Å². The minimum Gasteiger partial charge on any atom is -0.357 e. The fourth-order valence-electron chi connectivity index (χ4n) is 7.52. The maximum absolute atomic E-state index is 4.52. The highest BCUT2D eigenvalue weighted by molar-refractivity contribution is 6.21. The quantitative estimate of drug-likeness (QED) is 0.200. The number of benzene rings is 6. The van der Waals surface area contributed by atoms with E-state index < -0.39 is 0 Å². The molecule has 1 aliphatic heterocycles. The Morgan fingerprint density at radius 1 is 0.617 bits per heavy atom. The SMILES string of the molecule is Cc1cccc2c(C3=CC4C=CC=CC4C=C3)c3ccc(-c4ccc(C5=NCNC=N5)cc4)cc3c(-c3ccc4ccccc4c3)c12. The van der Waals surface area contributed by atoms with Gasteiger partial charge in [0.25, 0.3) is 0 Å². The summed E-state index contributed by atoms with van der Waals surface area (Å²) in [7, 11) is 0. The zero-order valence-electron chi connectivity index (χ0n) is 26.2. The number of amidine groups is 1. The highest BCUT2D eigenvalue weighted by Crippen LogP contribution is 2.46. The maximum atomic E-state index is 4.52. The molecule has 0 saturated carbocycles. The van der Waals surface area contributed by atoms with E-state index in [1.165, 1.54) is 71.3 Å². The zero-order chi connectivity index (χ0) is 31.3. The van der Waals surface area contributed by atoms with Crippen LogP contribution in [0.3, 0.4) is 0 Å². The van der Waals surface area contributed by atoms with Gasteiger partial charge in [0.15, 0.2) is 5.84 Å². The number of aryl methyl sites for hydroxylation is 1. The van der Waals surface area contributed by atoms with Crippen LogP contribution in [-0.2, 0) is 0 Å². The van der Waals surface area contributed by atoms with Crippen LogP contribution < -0.4 is 5.32 Å². The molecule has 6 aromatic rings. The van der Waals surface area contributed by atoms with E-state index in [-0.39, 0.29) is 0 Å². The van der Waals surface area contributed by atoms with E-state index in [0.29, 0.717) is 18.5 Å². The van der Waals surface area contributed by atoms with Crippen LogP contribution in [0.2, 0.25) is 0 Å². The van der Waals surface area contributed by atoms with Crippen molar-refractivity contribution in [3.8, 4) is 22.3 Å². The van der Waals surface area contributed by atoms with Gasteiger partial charge >= 0.3 is 0 Å². The van der Waals surface area contributed by atoms with Gasteiger partial charge in [0.2, 0.25) is 0 Å². The molecule has 0 saturated heterocycles. The summed E-state index contributed by atoms with van der Waals surface area (Å²) in [4.78, 5) is 8.94. The van der Waals surface area contributed by atoms with Crippen LogP contribution in [0.1, 0.15) is 16.7 Å². The molecule has 6 aromatic carbocycles. The molecule has 9 rings (SSSR count). The van der Waals surface area contributed by atoms with E-state index in [1.807, 2.05) is 0 Å². The molecule has 3 nitrogen and oxygen atoms in total. The van der Waals surface area contributed by atoms with Crippen molar-refractivity contribution in [2.75, 3.05) is 6.67 Å². The first-order valence-electron chi connectivity index (χ1n) is 16.4. The molecule has 0 amide bonds. The van der Waals surface area contributed by atoms with E-state index >= 15 is 0 Å². The molecule has 0 radical (unpaired) electrons. The number of rotatable bonds is 4. The van der Waals surface area contributed by atoms with E-state index in [2.05, 4.69) is 168 Å². The van der Waals surface area contributed by atoms with Gasteiger partial charge in [-0.1, -0.05) is 134 Å². The average molecular weight is 604 g/mol. The molecular formula is C44H33N3.